The standard InChI is InChI=1S/C23H14F3N3/c24-23(25,26)15-5-1-4-14(12-15)21-13-19(18-7-3-11-28-22(18)29-21)16-8-9-20-17(16)6-2-10-27-20/h1-8,10-13H,9H2. The second kappa shape index (κ2) is 6.51. The SMILES string of the molecule is FC(F)(F)c1cccc(-c2cc(C3=CCc4ncccc43)c3cccnc3n2)c1. The lowest BCUT2D eigenvalue weighted by atomic mass is 9.96. The zero-order valence-electron chi connectivity index (χ0n) is 15.1. The normalized spacial score (nSPS) is 13.4. The summed E-state index contributed by atoms with van der Waals surface area (Å²) in [6.07, 6.45) is 1.79. The maximum atomic E-state index is 13.2. The van der Waals surface area contributed by atoms with Gasteiger partial charge >= 0.3 is 6.18 Å². The topological polar surface area (TPSA) is 38.7 Å². The highest BCUT2D eigenvalue weighted by Gasteiger charge is 2.30. The van der Waals surface area contributed by atoms with E-state index < -0.39 is 11.7 Å². The molecule has 0 fully saturated rings. The van der Waals surface area contributed by atoms with Crippen molar-refractivity contribution in [1.29, 1.82) is 0 Å². The summed E-state index contributed by atoms with van der Waals surface area (Å²) in [5.74, 6) is 0. The zero-order valence-corrected chi connectivity index (χ0v) is 15.1. The van der Waals surface area contributed by atoms with Crippen LogP contribution in [-0.4, -0.2) is 15.0 Å². The van der Waals surface area contributed by atoms with Crippen molar-refractivity contribution in [2.75, 3.05) is 0 Å². The first-order valence-electron chi connectivity index (χ1n) is 9.09. The Morgan fingerprint density at radius 2 is 1.66 bits per heavy atom. The van der Waals surface area contributed by atoms with Crippen molar-refractivity contribution in [2.45, 2.75) is 12.6 Å². The summed E-state index contributed by atoms with van der Waals surface area (Å²) in [6.45, 7) is 0. The summed E-state index contributed by atoms with van der Waals surface area (Å²) in [4.78, 5) is 13.3. The molecule has 1 aliphatic rings. The molecule has 29 heavy (non-hydrogen) atoms. The van der Waals surface area contributed by atoms with Crippen molar-refractivity contribution in [3.63, 3.8) is 0 Å². The zero-order chi connectivity index (χ0) is 20.0. The highest BCUT2D eigenvalue weighted by Crippen LogP contribution is 2.37. The van der Waals surface area contributed by atoms with Gasteiger partial charge in [0.1, 0.15) is 0 Å². The number of pyridine rings is 3. The number of alkyl halides is 3. The van der Waals surface area contributed by atoms with Gasteiger partial charge in [-0.2, -0.15) is 13.2 Å². The van der Waals surface area contributed by atoms with E-state index in [2.05, 4.69) is 21.0 Å². The van der Waals surface area contributed by atoms with E-state index >= 15 is 0 Å². The van der Waals surface area contributed by atoms with Gasteiger partial charge in [-0.1, -0.05) is 24.3 Å². The number of aromatic nitrogens is 3. The van der Waals surface area contributed by atoms with Crippen molar-refractivity contribution in [3.8, 4) is 11.3 Å². The van der Waals surface area contributed by atoms with Crippen LogP contribution in [0.5, 0.6) is 0 Å². The van der Waals surface area contributed by atoms with Crippen LogP contribution in [0.15, 0.2) is 73.1 Å². The van der Waals surface area contributed by atoms with Gasteiger partial charge in [0.05, 0.1) is 17.0 Å². The van der Waals surface area contributed by atoms with Crippen molar-refractivity contribution in [3.05, 3.63) is 95.5 Å². The number of allylic oxidation sites excluding steroid dienone is 1. The van der Waals surface area contributed by atoms with E-state index in [-0.39, 0.29) is 0 Å². The van der Waals surface area contributed by atoms with Crippen molar-refractivity contribution >= 4 is 16.6 Å². The number of fused-ring (bicyclic) bond motifs is 2. The Hall–Kier alpha value is -3.54. The summed E-state index contributed by atoms with van der Waals surface area (Å²) >= 11 is 0. The Bertz CT molecular complexity index is 1280. The van der Waals surface area contributed by atoms with Gasteiger partial charge < -0.3 is 0 Å². The van der Waals surface area contributed by atoms with E-state index in [4.69, 9.17) is 0 Å². The third kappa shape index (κ3) is 3.06. The van der Waals surface area contributed by atoms with Gasteiger partial charge in [-0.15, -0.1) is 0 Å². The molecule has 5 rings (SSSR count). The first-order chi connectivity index (χ1) is 14.0. The highest BCUT2D eigenvalue weighted by molar-refractivity contribution is 5.98. The molecule has 0 spiro atoms. The molecule has 0 saturated heterocycles. The van der Waals surface area contributed by atoms with Gasteiger partial charge in [0, 0.05) is 35.3 Å². The minimum absolute atomic E-state index is 0.402. The van der Waals surface area contributed by atoms with Gasteiger partial charge in [0.15, 0.2) is 5.65 Å². The fourth-order valence-electron chi connectivity index (χ4n) is 3.69. The van der Waals surface area contributed by atoms with Crippen molar-refractivity contribution in [1.82, 2.24) is 15.0 Å². The van der Waals surface area contributed by atoms with Gasteiger partial charge in [0.25, 0.3) is 0 Å². The fraction of sp³-hybridized carbons (Fsp3) is 0.0870. The van der Waals surface area contributed by atoms with E-state index in [1.54, 1.807) is 18.5 Å². The highest BCUT2D eigenvalue weighted by atomic mass is 19.4. The minimum Gasteiger partial charge on any atom is -0.260 e. The first kappa shape index (κ1) is 17.6. The lowest BCUT2D eigenvalue weighted by Crippen LogP contribution is -2.04. The van der Waals surface area contributed by atoms with Crippen LogP contribution in [0.3, 0.4) is 0 Å². The molecule has 0 radical (unpaired) electrons. The molecule has 142 valence electrons. The molecule has 1 aromatic carbocycles. The van der Waals surface area contributed by atoms with Crippen LogP contribution in [0.4, 0.5) is 13.2 Å². The molecular weight excluding hydrogens is 375 g/mol. The Balaban J connectivity index is 1.73. The maximum absolute atomic E-state index is 13.2. The van der Waals surface area contributed by atoms with E-state index in [0.717, 1.165) is 39.9 Å². The van der Waals surface area contributed by atoms with Gasteiger partial charge in [-0.05, 0) is 47.5 Å². The summed E-state index contributed by atoms with van der Waals surface area (Å²) in [5, 5.41) is 0.853. The molecule has 0 saturated carbocycles. The average molecular weight is 389 g/mol. The predicted octanol–water partition coefficient (Wildman–Crippen LogP) is 5.70. The number of benzene rings is 1. The lowest BCUT2D eigenvalue weighted by molar-refractivity contribution is -0.137. The fourth-order valence-corrected chi connectivity index (χ4v) is 3.69. The number of rotatable bonds is 2. The van der Waals surface area contributed by atoms with E-state index in [1.807, 2.05) is 30.3 Å². The van der Waals surface area contributed by atoms with Crippen LogP contribution in [0.2, 0.25) is 0 Å². The van der Waals surface area contributed by atoms with Crippen LogP contribution in [0.25, 0.3) is 27.9 Å². The van der Waals surface area contributed by atoms with Crippen molar-refractivity contribution < 1.29 is 13.2 Å². The Morgan fingerprint density at radius 3 is 2.52 bits per heavy atom. The predicted molar refractivity (Wildman–Crippen MR) is 105 cm³/mol. The minimum atomic E-state index is -4.41. The Labute approximate surface area is 164 Å². The number of hydrogen-bond donors (Lipinski definition) is 0. The third-order valence-corrected chi connectivity index (χ3v) is 5.04. The summed E-state index contributed by atoms with van der Waals surface area (Å²) in [6, 6.07) is 14.7. The summed E-state index contributed by atoms with van der Waals surface area (Å²) < 4.78 is 39.5. The van der Waals surface area contributed by atoms with E-state index in [0.29, 0.717) is 23.3 Å². The van der Waals surface area contributed by atoms with Crippen LogP contribution in [0, 0.1) is 0 Å². The second-order valence-electron chi connectivity index (χ2n) is 6.83. The Morgan fingerprint density at radius 1 is 0.828 bits per heavy atom. The average Bonchev–Trinajstić information content (AvgIpc) is 3.16. The largest absolute Gasteiger partial charge is 0.416 e. The number of halogens is 3. The molecule has 0 N–H and O–H groups in total. The van der Waals surface area contributed by atoms with Crippen LogP contribution >= 0.6 is 0 Å². The monoisotopic (exact) mass is 389 g/mol. The summed E-state index contributed by atoms with van der Waals surface area (Å²) in [7, 11) is 0. The molecule has 0 atom stereocenters. The Kier molecular flexibility index (Phi) is 3.94. The molecule has 1 aliphatic carbocycles. The number of hydrogen-bond acceptors (Lipinski definition) is 3. The van der Waals surface area contributed by atoms with Crippen LogP contribution in [-0.2, 0) is 12.6 Å². The van der Waals surface area contributed by atoms with Gasteiger partial charge in [-0.25, -0.2) is 9.97 Å². The molecular formula is C23H14F3N3. The smallest absolute Gasteiger partial charge is 0.260 e. The van der Waals surface area contributed by atoms with Crippen LogP contribution in [0.1, 0.15) is 22.4 Å². The second-order valence-corrected chi connectivity index (χ2v) is 6.83. The van der Waals surface area contributed by atoms with Crippen LogP contribution < -0.4 is 0 Å². The molecule has 3 aromatic heterocycles. The molecule has 0 aliphatic heterocycles. The van der Waals surface area contributed by atoms with Gasteiger partial charge in [-0.3, -0.25) is 4.98 Å². The molecule has 4 aromatic rings. The van der Waals surface area contributed by atoms with E-state index in [9.17, 15) is 13.2 Å². The molecule has 0 bridgehead atoms. The molecule has 6 heteroatoms. The molecule has 0 amide bonds. The third-order valence-electron chi connectivity index (χ3n) is 5.04. The lowest BCUT2D eigenvalue weighted by Gasteiger charge is -2.13. The maximum Gasteiger partial charge on any atom is 0.416 e. The van der Waals surface area contributed by atoms with E-state index in [1.165, 1.54) is 6.07 Å². The molecule has 3 heterocycles. The first-order valence-corrected chi connectivity index (χ1v) is 9.09. The molecule has 3 nitrogen and oxygen atoms in total. The number of nitrogens with zero attached hydrogens (tertiary/aromatic N) is 3. The quantitative estimate of drug-likeness (QED) is 0.442. The van der Waals surface area contributed by atoms with Crippen molar-refractivity contribution in [2.24, 2.45) is 0 Å². The summed E-state index contributed by atoms with van der Waals surface area (Å²) in [5.41, 5.74) is 4.55. The molecule has 0 unspecified atom stereocenters. The van der Waals surface area contributed by atoms with Gasteiger partial charge in [0.2, 0.25) is 0 Å².